The van der Waals surface area contributed by atoms with Crippen LogP contribution >= 0.6 is 0 Å². The predicted octanol–water partition coefficient (Wildman–Crippen LogP) is 2.26. The fraction of sp³-hybridized carbons (Fsp3) is 0.833. The topological polar surface area (TPSA) is 52.6 Å². The number of ether oxygens (including phenoxy) is 2. The molecule has 0 radical (unpaired) electrons. The lowest BCUT2D eigenvalue weighted by Gasteiger charge is -2.13. The first-order valence-electron chi connectivity index (χ1n) is 6.06. The van der Waals surface area contributed by atoms with Gasteiger partial charge in [-0.05, 0) is 26.7 Å². The van der Waals surface area contributed by atoms with Crippen LogP contribution in [0.4, 0.5) is 4.39 Å². The second-order valence-electron chi connectivity index (χ2n) is 3.59. The summed E-state index contributed by atoms with van der Waals surface area (Å²) in [5.41, 5.74) is 0. The molecule has 0 amide bonds. The molecule has 0 saturated carbocycles. The van der Waals surface area contributed by atoms with E-state index < -0.39 is 17.9 Å². The van der Waals surface area contributed by atoms with Crippen molar-refractivity contribution in [3.8, 4) is 0 Å². The number of rotatable bonds is 9. The zero-order valence-electron chi connectivity index (χ0n) is 10.5. The van der Waals surface area contributed by atoms with Crippen molar-refractivity contribution in [3.05, 3.63) is 0 Å². The summed E-state index contributed by atoms with van der Waals surface area (Å²) in [5.74, 6) is -1.97. The van der Waals surface area contributed by atoms with E-state index in [1.165, 1.54) is 0 Å². The van der Waals surface area contributed by atoms with E-state index in [2.05, 4.69) is 0 Å². The zero-order valence-corrected chi connectivity index (χ0v) is 10.5. The van der Waals surface area contributed by atoms with Gasteiger partial charge in [0.1, 0.15) is 0 Å². The van der Waals surface area contributed by atoms with Gasteiger partial charge in [-0.25, -0.2) is 0 Å². The van der Waals surface area contributed by atoms with Crippen LogP contribution in [-0.2, 0) is 19.1 Å². The zero-order chi connectivity index (χ0) is 13.1. The molecule has 0 aliphatic carbocycles. The first-order chi connectivity index (χ1) is 8.17. The summed E-state index contributed by atoms with van der Waals surface area (Å²) in [6.07, 6.45) is 2.09. The Bertz CT molecular complexity index is 213. The molecule has 0 spiro atoms. The van der Waals surface area contributed by atoms with Crippen molar-refractivity contribution in [2.75, 3.05) is 19.9 Å². The molecule has 0 aromatic rings. The first-order valence-corrected chi connectivity index (χ1v) is 6.06. The molecule has 100 valence electrons. The van der Waals surface area contributed by atoms with Crippen LogP contribution in [0.2, 0.25) is 0 Å². The average molecular weight is 248 g/mol. The Labute approximate surface area is 101 Å². The molecule has 0 atom stereocenters. The van der Waals surface area contributed by atoms with E-state index >= 15 is 0 Å². The summed E-state index contributed by atoms with van der Waals surface area (Å²) in [6, 6.07) is 0. The molecule has 5 heteroatoms. The van der Waals surface area contributed by atoms with Crippen molar-refractivity contribution >= 4 is 11.9 Å². The summed E-state index contributed by atoms with van der Waals surface area (Å²) < 4.78 is 21.5. The minimum atomic E-state index is -0.866. The van der Waals surface area contributed by atoms with Crippen LogP contribution in [0.1, 0.15) is 39.5 Å². The van der Waals surface area contributed by atoms with Crippen LogP contribution in [0.15, 0.2) is 0 Å². The lowest BCUT2D eigenvalue weighted by molar-refractivity contribution is -0.161. The predicted molar refractivity (Wildman–Crippen MR) is 61.2 cm³/mol. The maximum absolute atomic E-state index is 11.9. The highest BCUT2D eigenvalue weighted by Gasteiger charge is 2.28. The quantitative estimate of drug-likeness (QED) is 0.357. The third kappa shape index (κ3) is 6.92. The maximum Gasteiger partial charge on any atom is 0.320 e. The fourth-order valence-corrected chi connectivity index (χ4v) is 1.44. The molecule has 0 saturated heterocycles. The van der Waals surface area contributed by atoms with E-state index in [0.717, 1.165) is 0 Å². The molecule has 0 N–H and O–H groups in total. The molecule has 0 aliphatic heterocycles. The van der Waals surface area contributed by atoms with Crippen molar-refractivity contribution in [1.82, 2.24) is 0 Å². The molecule has 0 unspecified atom stereocenters. The van der Waals surface area contributed by atoms with Crippen molar-refractivity contribution in [3.63, 3.8) is 0 Å². The number of hydrogen-bond donors (Lipinski definition) is 0. The van der Waals surface area contributed by atoms with Crippen LogP contribution in [-0.4, -0.2) is 31.8 Å². The summed E-state index contributed by atoms with van der Waals surface area (Å²) in [6.45, 7) is 3.47. The Balaban J connectivity index is 4.19. The van der Waals surface area contributed by atoms with Gasteiger partial charge in [0.15, 0.2) is 5.92 Å². The van der Waals surface area contributed by atoms with Gasteiger partial charge in [0, 0.05) is 0 Å². The van der Waals surface area contributed by atoms with Crippen LogP contribution in [0, 0.1) is 5.92 Å². The molecule has 4 nitrogen and oxygen atoms in total. The second-order valence-corrected chi connectivity index (χ2v) is 3.59. The highest BCUT2D eigenvalue weighted by Crippen LogP contribution is 2.14. The van der Waals surface area contributed by atoms with Gasteiger partial charge in [0.25, 0.3) is 0 Å². The SMILES string of the molecule is CCOC(=O)C(CCCCCF)C(=O)OCC. The van der Waals surface area contributed by atoms with Crippen molar-refractivity contribution < 1.29 is 23.5 Å². The smallest absolute Gasteiger partial charge is 0.320 e. The van der Waals surface area contributed by atoms with E-state index in [1.54, 1.807) is 13.8 Å². The van der Waals surface area contributed by atoms with Gasteiger partial charge in [-0.1, -0.05) is 12.8 Å². The average Bonchev–Trinajstić information content (AvgIpc) is 2.29. The van der Waals surface area contributed by atoms with Gasteiger partial charge < -0.3 is 9.47 Å². The Morgan fingerprint density at radius 1 is 1.00 bits per heavy atom. The number of halogens is 1. The molecular formula is C12H21FO4. The summed E-state index contributed by atoms with van der Waals surface area (Å²) in [7, 11) is 0. The Hall–Kier alpha value is -1.13. The maximum atomic E-state index is 11.9. The van der Waals surface area contributed by atoms with E-state index in [1.807, 2.05) is 0 Å². The molecule has 0 rings (SSSR count). The van der Waals surface area contributed by atoms with Crippen molar-refractivity contribution in [2.24, 2.45) is 5.92 Å². The number of esters is 2. The highest BCUT2D eigenvalue weighted by atomic mass is 19.1. The Morgan fingerprint density at radius 2 is 1.53 bits per heavy atom. The van der Waals surface area contributed by atoms with Crippen LogP contribution in [0.25, 0.3) is 0 Å². The third-order valence-corrected chi connectivity index (χ3v) is 2.27. The van der Waals surface area contributed by atoms with Gasteiger partial charge in [-0.2, -0.15) is 0 Å². The minimum absolute atomic E-state index is 0.235. The van der Waals surface area contributed by atoms with Crippen LogP contribution in [0.3, 0.4) is 0 Å². The Morgan fingerprint density at radius 3 is 1.94 bits per heavy atom. The third-order valence-electron chi connectivity index (χ3n) is 2.27. The van der Waals surface area contributed by atoms with E-state index in [0.29, 0.717) is 25.7 Å². The van der Waals surface area contributed by atoms with E-state index in [4.69, 9.17) is 9.47 Å². The minimum Gasteiger partial charge on any atom is -0.465 e. The van der Waals surface area contributed by atoms with E-state index in [-0.39, 0.29) is 19.9 Å². The molecule has 17 heavy (non-hydrogen) atoms. The number of carbonyl (C=O) groups excluding carboxylic acids is 2. The molecule has 0 aromatic heterocycles. The largest absolute Gasteiger partial charge is 0.465 e. The summed E-state index contributed by atoms with van der Waals surface area (Å²) >= 11 is 0. The number of hydrogen-bond acceptors (Lipinski definition) is 4. The molecular weight excluding hydrogens is 227 g/mol. The highest BCUT2D eigenvalue weighted by molar-refractivity contribution is 5.94. The van der Waals surface area contributed by atoms with Crippen LogP contribution in [0.5, 0.6) is 0 Å². The lowest BCUT2D eigenvalue weighted by atomic mass is 10.0. The molecule has 0 fully saturated rings. The van der Waals surface area contributed by atoms with Crippen molar-refractivity contribution in [1.29, 1.82) is 0 Å². The molecule has 0 aromatic carbocycles. The molecule has 0 aliphatic rings. The standard InChI is InChI=1S/C12H21FO4/c1-3-16-11(14)10(12(15)17-4-2)8-6-5-7-9-13/h10H,3-9H2,1-2H3. The molecule has 0 heterocycles. The van der Waals surface area contributed by atoms with Crippen molar-refractivity contribution in [2.45, 2.75) is 39.5 Å². The molecule has 0 bridgehead atoms. The summed E-state index contributed by atoms with van der Waals surface area (Å²) in [5, 5.41) is 0. The second kappa shape index (κ2) is 10.1. The first kappa shape index (κ1) is 15.9. The van der Waals surface area contributed by atoms with Gasteiger partial charge >= 0.3 is 11.9 Å². The van der Waals surface area contributed by atoms with Crippen LogP contribution < -0.4 is 0 Å². The van der Waals surface area contributed by atoms with Gasteiger partial charge in [0.05, 0.1) is 19.9 Å². The number of unbranched alkanes of at least 4 members (excludes halogenated alkanes) is 2. The monoisotopic (exact) mass is 248 g/mol. The fourth-order valence-electron chi connectivity index (χ4n) is 1.44. The number of alkyl halides is 1. The Kier molecular flexibility index (Phi) is 9.38. The normalized spacial score (nSPS) is 10.4. The lowest BCUT2D eigenvalue weighted by Crippen LogP contribution is -2.28. The van der Waals surface area contributed by atoms with E-state index in [9.17, 15) is 14.0 Å². The van der Waals surface area contributed by atoms with Gasteiger partial charge in [-0.15, -0.1) is 0 Å². The summed E-state index contributed by atoms with van der Waals surface area (Å²) in [4.78, 5) is 23.1. The number of carbonyl (C=O) groups is 2. The van der Waals surface area contributed by atoms with Gasteiger partial charge in [0.2, 0.25) is 0 Å². The van der Waals surface area contributed by atoms with Gasteiger partial charge in [-0.3, -0.25) is 14.0 Å².